The van der Waals surface area contributed by atoms with E-state index in [0.717, 1.165) is 40.9 Å². The third-order valence-corrected chi connectivity index (χ3v) is 13.4. The number of ether oxygens (including phenoxy) is 2. The van der Waals surface area contributed by atoms with Crippen LogP contribution >= 0.6 is 46.7 Å². The van der Waals surface area contributed by atoms with Crippen LogP contribution in [0.5, 0.6) is 5.75 Å². The van der Waals surface area contributed by atoms with Gasteiger partial charge in [0.1, 0.15) is 44.9 Å². The van der Waals surface area contributed by atoms with Gasteiger partial charge in [-0.3, -0.25) is 52.3 Å². The van der Waals surface area contributed by atoms with Gasteiger partial charge in [-0.1, -0.05) is 18.7 Å². The van der Waals surface area contributed by atoms with E-state index in [4.69, 9.17) is 26.2 Å². The molecule has 1 aromatic carbocycles. The monoisotopic (exact) mass is 885 g/mol. The Bertz CT molecular complexity index is 2660. The summed E-state index contributed by atoms with van der Waals surface area (Å²) in [7, 11) is -1.34. The van der Waals surface area contributed by atoms with E-state index < -0.39 is 70.4 Å². The number of methoxy groups -OCH3 is 1. The maximum absolute atomic E-state index is 14.1. The minimum atomic E-state index is -4.14. The second-order valence-corrected chi connectivity index (χ2v) is 17.2. The third kappa shape index (κ3) is 9.48. The minimum Gasteiger partial charge on any atom is -0.497 e. The number of thiocarbonyl (C=S) groups is 1. The number of anilines is 1. The fourth-order valence-electron chi connectivity index (χ4n) is 5.81. The van der Waals surface area contributed by atoms with Gasteiger partial charge in [-0.2, -0.15) is 8.42 Å². The average Bonchev–Trinajstić information content (AvgIpc) is 3.80. The van der Waals surface area contributed by atoms with Crippen LogP contribution in [0.15, 0.2) is 43.8 Å². The summed E-state index contributed by atoms with van der Waals surface area (Å²) in [6, 6.07) is 5.43. The molecule has 4 heterocycles. The van der Waals surface area contributed by atoms with Crippen molar-refractivity contribution in [1.82, 2.24) is 18.9 Å². The van der Waals surface area contributed by atoms with Crippen molar-refractivity contribution in [2.45, 2.75) is 37.8 Å². The van der Waals surface area contributed by atoms with Crippen molar-refractivity contribution in [3.8, 4) is 5.75 Å². The second-order valence-electron chi connectivity index (χ2n) is 12.2. The molecule has 57 heavy (non-hydrogen) atoms. The van der Waals surface area contributed by atoms with Crippen molar-refractivity contribution in [1.29, 1.82) is 0 Å². The largest absolute Gasteiger partial charge is 0.497 e. The molecule has 3 aromatic rings. The van der Waals surface area contributed by atoms with E-state index in [1.807, 2.05) is 17.0 Å². The number of fused-ring (bicyclic) bond motifs is 1. The smallest absolute Gasteiger partial charge is 0.323 e. The zero-order valence-corrected chi connectivity index (χ0v) is 34.4. The lowest BCUT2D eigenvalue weighted by molar-refractivity contribution is -0.138. The summed E-state index contributed by atoms with van der Waals surface area (Å²) in [6.07, 6.45) is 2.07. The summed E-state index contributed by atoms with van der Waals surface area (Å²) in [5.74, 6) is -4.97. The normalized spacial score (nSPS) is 17.1. The van der Waals surface area contributed by atoms with Gasteiger partial charge in [0.25, 0.3) is 27.1 Å². The predicted molar refractivity (Wildman–Crippen MR) is 212 cm³/mol. The number of thiazole rings is 2. The number of rotatable bonds is 16. The van der Waals surface area contributed by atoms with Gasteiger partial charge in [0, 0.05) is 31.2 Å². The summed E-state index contributed by atoms with van der Waals surface area (Å²) in [6.45, 7) is -0.374. The van der Waals surface area contributed by atoms with Crippen LogP contribution in [0.4, 0.5) is 5.69 Å². The number of hydrogen-bond acceptors (Lipinski definition) is 15. The summed E-state index contributed by atoms with van der Waals surface area (Å²) in [4.78, 5) is 82.0. The summed E-state index contributed by atoms with van der Waals surface area (Å²) in [5.41, 5.74) is -0.872. The molecule has 5 rings (SSSR count). The first kappa shape index (κ1) is 43.3. The minimum absolute atomic E-state index is 0.0607. The van der Waals surface area contributed by atoms with Crippen molar-refractivity contribution in [3.63, 3.8) is 0 Å². The Morgan fingerprint density at radius 1 is 0.912 bits per heavy atom. The van der Waals surface area contributed by atoms with Gasteiger partial charge >= 0.3 is 17.9 Å². The van der Waals surface area contributed by atoms with Gasteiger partial charge in [-0.05, 0) is 48.8 Å². The zero-order chi connectivity index (χ0) is 41.9. The Labute approximate surface area is 340 Å². The Kier molecular flexibility index (Phi) is 13.5. The Morgan fingerprint density at radius 2 is 1.56 bits per heavy atom. The van der Waals surface area contributed by atoms with Gasteiger partial charge in [0.2, 0.25) is 0 Å². The third-order valence-electron chi connectivity index (χ3n) is 8.40. The topological polar surface area (TPSA) is 256 Å². The van der Waals surface area contributed by atoms with Gasteiger partial charge in [0.15, 0.2) is 5.11 Å². The van der Waals surface area contributed by atoms with E-state index in [1.54, 1.807) is 19.1 Å². The van der Waals surface area contributed by atoms with Crippen LogP contribution in [-0.4, -0.2) is 122 Å². The Hall–Kier alpha value is -4.85. The quantitative estimate of drug-likeness (QED) is 0.0849. The molecular formula is C33H35N5O14S5. The highest BCUT2D eigenvalue weighted by Gasteiger charge is 2.39. The molecule has 1 amide bonds. The van der Waals surface area contributed by atoms with Crippen LogP contribution < -0.4 is 30.0 Å². The number of amides is 1. The Morgan fingerprint density at radius 3 is 2.16 bits per heavy atom. The van der Waals surface area contributed by atoms with Crippen LogP contribution in [0.25, 0.3) is 11.3 Å². The van der Waals surface area contributed by atoms with Crippen LogP contribution in [0.3, 0.4) is 0 Å². The molecule has 0 atom stereocenters. The molecule has 19 nitrogen and oxygen atoms in total. The molecule has 306 valence electrons. The fourth-order valence-corrected chi connectivity index (χ4v) is 10.2. The van der Waals surface area contributed by atoms with E-state index >= 15 is 0 Å². The lowest BCUT2D eigenvalue weighted by Crippen LogP contribution is -2.37. The molecule has 0 aliphatic carbocycles. The van der Waals surface area contributed by atoms with Crippen LogP contribution in [0.1, 0.15) is 19.8 Å². The first-order chi connectivity index (χ1) is 26.9. The molecule has 1 fully saturated rings. The molecular weight excluding hydrogens is 851 g/mol. The highest BCUT2D eigenvalue weighted by atomic mass is 32.2. The van der Waals surface area contributed by atoms with E-state index in [9.17, 15) is 52.5 Å². The average molecular weight is 886 g/mol. The highest BCUT2D eigenvalue weighted by Crippen LogP contribution is 2.47. The first-order valence-corrected chi connectivity index (χ1v) is 21.2. The number of nitrogens with zero attached hydrogens (tertiary/aromatic N) is 5. The van der Waals surface area contributed by atoms with Crippen LogP contribution in [0, 0.1) is 9.20 Å². The standard InChI is InChI=1S/C33H35N5O14S5/c1-4-17(12-21-35(8-10-52-9-5-11-57(48,49)50)19-13-18(51-3)6-7-20(19)54-21)26-29(46)38(16-24(43)44)32(55-26)27-30(47)37(15-23(41)42)31(56-27)25-28(45)34(2)33(53)36(25)14-22(39)40/h6-7,12-13H,4-5,8-11,14-16H2,1-3H3,(H,39,40)(H,41,42)(H,43,44)(H,48,49,50)/b21-12?,26-17+,31-25+,32-27+. The molecule has 0 spiro atoms. The summed E-state index contributed by atoms with van der Waals surface area (Å²) < 4.78 is 43.3. The van der Waals surface area contributed by atoms with Gasteiger partial charge in [-0.25, -0.2) is 0 Å². The van der Waals surface area contributed by atoms with Crippen molar-refractivity contribution in [2.75, 3.05) is 51.1 Å². The fraction of sp³-hybridized carbons (Fsp3) is 0.364. The predicted octanol–water partition coefficient (Wildman–Crippen LogP) is 0.158. The SMILES string of the molecule is CC/C(C=C1Sc2ccc(OC)cc2N1CCOCCCS(=O)(=O)O)=c1\s/c(=c2/s/c(=C3\C(=O)N(C)C(=S)N3CC(=O)O)n(CC(=O)O)c2=O)n(CC(=O)O)c1=O. The molecule has 2 aliphatic heterocycles. The number of carboxylic acid groups (broad SMARTS) is 3. The zero-order valence-electron chi connectivity index (χ0n) is 30.3. The van der Waals surface area contributed by atoms with Crippen LogP contribution in [0.2, 0.25) is 0 Å². The van der Waals surface area contributed by atoms with Crippen molar-refractivity contribution in [3.05, 3.63) is 68.4 Å². The van der Waals surface area contributed by atoms with Crippen molar-refractivity contribution in [2.24, 2.45) is 0 Å². The van der Waals surface area contributed by atoms with Crippen molar-refractivity contribution < 1.29 is 56.9 Å². The first-order valence-electron chi connectivity index (χ1n) is 16.7. The lowest BCUT2D eigenvalue weighted by Gasteiger charge is -2.21. The van der Waals surface area contributed by atoms with Crippen molar-refractivity contribution >= 4 is 103 Å². The van der Waals surface area contributed by atoms with Crippen LogP contribution in [-0.2, 0) is 47.1 Å². The second kappa shape index (κ2) is 17.7. The number of allylic oxidation sites excluding steroid dienone is 1. The molecule has 0 bridgehead atoms. The molecule has 24 heteroatoms. The lowest BCUT2D eigenvalue weighted by atomic mass is 10.2. The van der Waals surface area contributed by atoms with E-state index in [0.29, 0.717) is 27.7 Å². The number of aliphatic carboxylic acids is 3. The van der Waals surface area contributed by atoms with E-state index in [2.05, 4.69) is 0 Å². The number of hydrogen-bond donors (Lipinski definition) is 4. The molecule has 2 aromatic heterocycles. The molecule has 2 aliphatic rings. The number of likely N-dealkylation sites (N-methyl/N-ethyl adjacent to an activating group) is 1. The molecule has 0 radical (unpaired) electrons. The summed E-state index contributed by atoms with van der Waals surface area (Å²) >= 11 is 8.04. The molecule has 4 N–H and O–H groups in total. The molecule has 1 saturated heterocycles. The van der Waals surface area contributed by atoms with Gasteiger partial charge < -0.3 is 29.7 Å². The number of aromatic nitrogens is 2. The summed E-state index contributed by atoms with van der Waals surface area (Å²) in [5, 5.41) is 29.6. The highest BCUT2D eigenvalue weighted by molar-refractivity contribution is 8.03. The van der Waals surface area contributed by atoms with Gasteiger partial charge in [0.05, 0.1) is 34.7 Å². The number of carboxylic acids is 3. The maximum Gasteiger partial charge on any atom is 0.323 e. The maximum atomic E-state index is 14.1. The Balaban J connectivity index is 1.75. The molecule has 0 unspecified atom stereocenters. The molecule has 0 saturated carbocycles. The van der Waals surface area contributed by atoms with Gasteiger partial charge in [-0.15, -0.1) is 22.7 Å². The number of thioether (sulfide) groups is 1. The number of benzene rings is 1. The van der Waals surface area contributed by atoms with E-state index in [-0.39, 0.29) is 61.8 Å². The number of carbonyl (C=O) groups excluding carboxylic acids is 1. The van der Waals surface area contributed by atoms with E-state index in [1.165, 1.54) is 25.9 Å². The number of carbonyl (C=O) groups is 4.